The molecule has 0 N–H and O–H groups in total. The summed E-state index contributed by atoms with van der Waals surface area (Å²) in [7, 11) is 0. The van der Waals surface area contributed by atoms with Crippen LogP contribution in [0.1, 0.15) is 0 Å². The first-order chi connectivity index (χ1) is 15.2. The van der Waals surface area contributed by atoms with E-state index >= 15 is 0 Å². The van der Waals surface area contributed by atoms with Crippen molar-refractivity contribution >= 4 is 11.6 Å². The van der Waals surface area contributed by atoms with Crippen molar-refractivity contribution in [2.75, 3.05) is 0 Å². The molecule has 0 radical (unpaired) electrons. The Kier molecular flexibility index (Phi) is 5.74. The molecule has 0 aliphatic carbocycles. The molecule has 2 aliphatic heterocycles. The number of Topliss-reactive ketones (excluding diaryl/α,β-unsaturated/α-hetero) is 2. The molecule has 0 aromatic carbocycles. The third kappa shape index (κ3) is 2.75. The molecule has 0 aromatic heterocycles. The van der Waals surface area contributed by atoms with Gasteiger partial charge in [-0.15, -0.1) is 8.96 Å². The highest BCUT2D eigenvalue weighted by molar-refractivity contribution is 6.04. The highest BCUT2D eigenvalue weighted by Gasteiger charge is 2.96. The Morgan fingerprint density at radius 3 is 0.914 bits per heavy atom. The van der Waals surface area contributed by atoms with E-state index in [-0.39, 0.29) is 0 Å². The molecular weight excluding hydrogens is 548 g/mol. The van der Waals surface area contributed by atoms with Crippen LogP contribution in [-0.2, 0) is 14.3 Å². The Morgan fingerprint density at radius 1 is 0.514 bits per heavy atom. The number of alkyl halides is 14. The zero-order valence-electron chi connectivity index (χ0n) is 15.6. The third-order valence-corrected chi connectivity index (χ3v) is 4.77. The molecule has 0 aromatic rings. The van der Waals surface area contributed by atoms with Gasteiger partial charge in [0.25, 0.3) is 11.6 Å². The summed E-state index contributed by atoms with van der Waals surface area (Å²) in [6.07, 6.45) is 0. The van der Waals surface area contributed by atoms with E-state index in [2.05, 4.69) is 17.9 Å². The molecule has 0 bridgehead atoms. The van der Waals surface area contributed by atoms with Gasteiger partial charge >= 0.3 is 47.4 Å². The fraction of sp³-hybridized carbons (Fsp3) is 0.571. The van der Waals surface area contributed by atoms with Gasteiger partial charge in [0.05, 0.1) is 0 Å². The minimum Gasteiger partial charge on any atom is -0.451 e. The fourth-order valence-electron chi connectivity index (χ4n) is 2.75. The highest BCUT2D eigenvalue weighted by Crippen LogP contribution is 2.64. The molecule has 0 amide bonds. The number of ether oxygens (including phenoxy) is 1. The number of rotatable bonds is 6. The van der Waals surface area contributed by atoms with Crippen LogP contribution in [0.15, 0.2) is 24.7 Å². The lowest BCUT2D eigenvalue weighted by molar-refractivity contribution is -0.323. The molecule has 5 nitrogen and oxygen atoms in total. The summed E-state index contributed by atoms with van der Waals surface area (Å²) in [5, 5.41) is -6.62. The van der Waals surface area contributed by atoms with Gasteiger partial charge in [0.2, 0.25) is 0 Å². The molecule has 2 unspecified atom stereocenters. The minimum atomic E-state index is -6.98. The Balaban J connectivity index is 2.43. The van der Waals surface area contributed by atoms with Crippen molar-refractivity contribution in [1.82, 2.24) is 10.2 Å². The van der Waals surface area contributed by atoms with E-state index in [0.29, 0.717) is 0 Å². The van der Waals surface area contributed by atoms with Gasteiger partial charge in [0.1, 0.15) is 0 Å². The van der Waals surface area contributed by atoms with Gasteiger partial charge in [-0.3, -0.25) is 9.59 Å². The van der Waals surface area contributed by atoms with Crippen molar-refractivity contribution in [3.05, 3.63) is 24.7 Å². The number of ketones is 2. The van der Waals surface area contributed by atoms with Crippen LogP contribution in [0.25, 0.3) is 0 Å². The average molecular weight is 552 g/mol. The first-order valence-corrected chi connectivity index (χ1v) is 7.90. The maximum Gasteiger partial charge on any atom is 0.402 e. The van der Waals surface area contributed by atoms with Crippen LogP contribution in [0.2, 0.25) is 0 Å². The van der Waals surface area contributed by atoms with Crippen LogP contribution in [0.4, 0.5) is 70.4 Å². The summed E-state index contributed by atoms with van der Waals surface area (Å²) in [4.78, 5) is 23.4. The van der Waals surface area contributed by atoms with E-state index in [1.165, 1.54) is 0 Å². The first-order valence-electron chi connectivity index (χ1n) is 7.90. The predicted octanol–water partition coefficient (Wildman–Crippen LogP) is 4.63. The smallest absolute Gasteiger partial charge is 0.402 e. The second-order valence-electron chi connectivity index (χ2n) is 6.79. The molecule has 35 heavy (non-hydrogen) atoms. The van der Waals surface area contributed by atoms with Gasteiger partial charge in [-0.25, -0.2) is 8.78 Å². The van der Waals surface area contributed by atoms with Gasteiger partial charge in [-0.1, -0.05) is 13.2 Å². The third-order valence-electron chi connectivity index (χ3n) is 4.77. The monoisotopic (exact) mass is 552 g/mol. The molecule has 2 rings (SSSR count). The van der Waals surface area contributed by atoms with Crippen LogP contribution in [0, 0.1) is 0 Å². The average Bonchev–Trinajstić information content (AvgIpc) is 2.84. The van der Waals surface area contributed by atoms with Crippen LogP contribution in [0.3, 0.4) is 0 Å². The maximum absolute atomic E-state index is 14.3. The molecule has 2 atom stereocenters. The van der Waals surface area contributed by atoms with E-state index in [0.717, 1.165) is 0 Å². The molecular formula is C14H4F16N2O3. The molecule has 2 aliphatic rings. The summed E-state index contributed by atoms with van der Waals surface area (Å²) in [5.41, 5.74) is 0. The molecule has 2 saturated heterocycles. The molecule has 200 valence electrons. The Bertz CT molecular complexity index is 933. The fourth-order valence-corrected chi connectivity index (χ4v) is 2.75. The lowest BCUT2D eigenvalue weighted by atomic mass is 9.99. The normalized spacial score (nSPS) is 34.4. The van der Waals surface area contributed by atoms with E-state index in [9.17, 15) is 80.0 Å². The number of hydrogen-bond acceptors (Lipinski definition) is 5. The Morgan fingerprint density at radius 2 is 0.743 bits per heavy atom. The maximum atomic E-state index is 14.3. The SMILES string of the molecule is C=C(OC(=C)C(=O)C1(F)N(F)C(F)(F)C(F)(F)C1(F)F)C(=O)C1(F)N(F)C(F)(F)C(F)(F)C1(F)F. The van der Waals surface area contributed by atoms with Crippen molar-refractivity contribution in [1.29, 1.82) is 0 Å². The first kappa shape index (κ1) is 28.7. The van der Waals surface area contributed by atoms with Crippen LogP contribution in [-0.4, -0.2) is 69.2 Å². The Hall–Kier alpha value is -2.58. The van der Waals surface area contributed by atoms with Crippen LogP contribution < -0.4 is 0 Å². The number of carbonyl (C=O) groups is 2. The summed E-state index contributed by atoms with van der Waals surface area (Å²) >= 11 is 0. The lowest BCUT2D eigenvalue weighted by Gasteiger charge is -2.29. The zero-order valence-corrected chi connectivity index (χ0v) is 15.6. The standard InChI is InChI=1S/C14H4F16N2O3/c1-3(5(33)7(15)9(17,18)11(21,22)13(25,26)31(7)29)35-4(2)6(34)8(16)10(19,20)12(23,24)14(27,28)32(8)30/h1-2H2. The summed E-state index contributed by atoms with van der Waals surface area (Å²) in [6.45, 7) is 4.14. The molecule has 0 spiro atoms. The van der Waals surface area contributed by atoms with Gasteiger partial charge in [-0.05, 0) is 10.2 Å². The van der Waals surface area contributed by atoms with Crippen molar-refractivity contribution in [2.24, 2.45) is 0 Å². The van der Waals surface area contributed by atoms with Gasteiger partial charge in [-0.2, -0.15) is 52.7 Å². The van der Waals surface area contributed by atoms with Gasteiger partial charge in [0.15, 0.2) is 11.5 Å². The second-order valence-corrected chi connectivity index (χ2v) is 6.79. The number of halogens is 16. The van der Waals surface area contributed by atoms with Crippen LogP contribution in [0.5, 0.6) is 0 Å². The molecule has 2 fully saturated rings. The second kappa shape index (κ2) is 7.01. The van der Waals surface area contributed by atoms with E-state index < -0.39 is 80.7 Å². The quantitative estimate of drug-likeness (QED) is 0.158. The molecule has 21 heteroatoms. The number of nitrogens with zero attached hydrogens (tertiary/aromatic N) is 2. The summed E-state index contributed by atoms with van der Waals surface area (Å²) in [6, 6.07) is -13.5. The number of carbonyl (C=O) groups excluding carboxylic acids is 2. The zero-order chi connectivity index (χ0) is 28.2. The van der Waals surface area contributed by atoms with E-state index in [4.69, 9.17) is 0 Å². The molecule has 2 heterocycles. The van der Waals surface area contributed by atoms with Crippen molar-refractivity contribution in [2.45, 2.75) is 47.4 Å². The van der Waals surface area contributed by atoms with Crippen molar-refractivity contribution < 1.29 is 84.8 Å². The lowest BCUT2D eigenvalue weighted by Crippen LogP contribution is -2.59. The van der Waals surface area contributed by atoms with Gasteiger partial charge < -0.3 is 4.74 Å². The Labute approximate surface area is 180 Å². The topological polar surface area (TPSA) is 49.9 Å². The summed E-state index contributed by atoms with van der Waals surface area (Å²) in [5.74, 6) is -53.6. The number of hydrogen-bond donors (Lipinski definition) is 0. The van der Waals surface area contributed by atoms with Gasteiger partial charge in [0, 0.05) is 0 Å². The molecule has 0 saturated carbocycles. The largest absolute Gasteiger partial charge is 0.451 e. The predicted molar refractivity (Wildman–Crippen MR) is 72.6 cm³/mol. The van der Waals surface area contributed by atoms with Crippen molar-refractivity contribution in [3.63, 3.8) is 0 Å². The highest BCUT2D eigenvalue weighted by atomic mass is 19.4. The van der Waals surface area contributed by atoms with Crippen molar-refractivity contribution in [3.8, 4) is 0 Å². The summed E-state index contributed by atoms with van der Waals surface area (Å²) < 4.78 is 218. The minimum absolute atomic E-state index is 2.07. The van der Waals surface area contributed by atoms with E-state index in [1.54, 1.807) is 0 Å². The van der Waals surface area contributed by atoms with Crippen LogP contribution >= 0.6 is 0 Å². The van der Waals surface area contributed by atoms with E-state index in [1.807, 2.05) is 0 Å².